The molecule has 4 nitrogen and oxygen atoms in total. The van der Waals surface area contributed by atoms with E-state index in [2.05, 4.69) is 33.0 Å². The van der Waals surface area contributed by atoms with Crippen molar-refractivity contribution in [2.24, 2.45) is 5.41 Å². The molecule has 0 aliphatic carbocycles. The van der Waals surface area contributed by atoms with E-state index in [1.807, 2.05) is 7.05 Å². The SMILES string of the molecule is CC(N(C)C(=O)COC1CCNCC1)C(C)(C)C. The van der Waals surface area contributed by atoms with Gasteiger partial charge in [0.1, 0.15) is 6.61 Å². The molecule has 0 bridgehead atoms. The number of rotatable bonds is 4. The van der Waals surface area contributed by atoms with Gasteiger partial charge in [0.25, 0.3) is 0 Å². The highest BCUT2D eigenvalue weighted by Gasteiger charge is 2.27. The van der Waals surface area contributed by atoms with E-state index < -0.39 is 0 Å². The number of carbonyl (C=O) groups excluding carboxylic acids is 1. The Labute approximate surface area is 111 Å². The Morgan fingerprint density at radius 2 is 1.94 bits per heavy atom. The van der Waals surface area contributed by atoms with Gasteiger partial charge in [-0.05, 0) is 38.3 Å². The number of carbonyl (C=O) groups is 1. The maximum Gasteiger partial charge on any atom is 0.248 e. The van der Waals surface area contributed by atoms with Gasteiger partial charge in [0.15, 0.2) is 0 Å². The zero-order valence-electron chi connectivity index (χ0n) is 12.5. The number of nitrogens with one attached hydrogen (secondary N) is 1. The molecular formula is C14H28N2O2. The summed E-state index contributed by atoms with van der Waals surface area (Å²) < 4.78 is 5.70. The molecule has 0 radical (unpaired) electrons. The number of likely N-dealkylation sites (N-methyl/N-ethyl adjacent to an activating group) is 1. The van der Waals surface area contributed by atoms with Crippen molar-refractivity contribution >= 4 is 5.91 Å². The average Bonchev–Trinajstić information content (AvgIpc) is 2.34. The molecule has 1 amide bonds. The maximum absolute atomic E-state index is 12.1. The first-order valence-corrected chi connectivity index (χ1v) is 6.90. The van der Waals surface area contributed by atoms with Gasteiger partial charge in [-0.3, -0.25) is 4.79 Å². The highest BCUT2D eigenvalue weighted by Crippen LogP contribution is 2.23. The van der Waals surface area contributed by atoms with Crippen LogP contribution in [-0.4, -0.2) is 49.7 Å². The van der Waals surface area contributed by atoms with E-state index in [1.54, 1.807) is 4.90 Å². The molecule has 0 aromatic rings. The van der Waals surface area contributed by atoms with Crippen LogP contribution in [0.5, 0.6) is 0 Å². The summed E-state index contributed by atoms with van der Waals surface area (Å²) in [6.07, 6.45) is 2.26. The Morgan fingerprint density at radius 1 is 1.39 bits per heavy atom. The highest BCUT2D eigenvalue weighted by atomic mass is 16.5. The molecule has 0 spiro atoms. The van der Waals surface area contributed by atoms with Crippen molar-refractivity contribution in [3.8, 4) is 0 Å². The second-order valence-corrected chi connectivity index (χ2v) is 6.31. The van der Waals surface area contributed by atoms with Crippen LogP contribution >= 0.6 is 0 Å². The van der Waals surface area contributed by atoms with Gasteiger partial charge < -0.3 is 15.0 Å². The Balaban J connectivity index is 2.35. The van der Waals surface area contributed by atoms with Crippen molar-refractivity contribution in [2.45, 2.75) is 52.7 Å². The molecule has 18 heavy (non-hydrogen) atoms. The topological polar surface area (TPSA) is 41.6 Å². The molecule has 0 saturated carbocycles. The van der Waals surface area contributed by atoms with Gasteiger partial charge in [0.2, 0.25) is 5.91 Å². The molecule has 106 valence electrons. The Bertz CT molecular complexity index is 267. The zero-order valence-corrected chi connectivity index (χ0v) is 12.5. The van der Waals surface area contributed by atoms with Crippen LogP contribution in [0.25, 0.3) is 0 Å². The van der Waals surface area contributed by atoms with E-state index >= 15 is 0 Å². The highest BCUT2D eigenvalue weighted by molar-refractivity contribution is 5.77. The second kappa shape index (κ2) is 6.53. The summed E-state index contributed by atoms with van der Waals surface area (Å²) in [4.78, 5) is 13.9. The summed E-state index contributed by atoms with van der Waals surface area (Å²) in [5.41, 5.74) is 0.0964. The van der Waals surface area contributed by atoms with Gasteiger partial charge in [0, 0.05) is 13.1 Å². The van der Waals surface area contributed by atoms with Crippen molar-refractivity contribution < 1.29 is 9.53 Å². The van der Waals surface area contributed by atoms with Crippen molar-refractivity contribution in [1.82, 2.24) is 10.2 Å². The Hall–Kier alpha value is -0.610. The lowest BCUT2D eigenvalue weighted by atomic mass is 9.87. The molecule has 1 atom stereocenters. The predicted octanol–water partition coefficient (Wildman–Crippen LogP) is 1.65. The third-order valence-corrected chi connectivity index (χ3v) is 3.96. The molecule has 1 rings (SSSR count). The second-order valence-electron chi connectivity index (χ2n) is 6.31. The first-order chi connectivity index (χ1) is 8.32. The number of piperidine rings is 1. The molecule has 4 heteroatoms. The van der Waals surface area contributed by atoms with Crippen LogP contribution in [0, 0.1) is 5.41 Å². The lowest BCUT2D eigenvalue weighted by Gasteiger charge is -2.35. The minimum atomic E-state index is 0.0796. The smallest absolute Gasteiger partial charge is 0.248 e. The lowest BCUT2D eigenvalue weighted by molar-refractivity contribution is -0.141. The first kappa shape index (κ1) is 15.4. The van der Waals surface area contributed by atoms with Crippen LogP contribution in [0.15, 0.2) is 0 Å². The summed E-state index contributed by atoms with van der Waals surface area (Å²) >= 11 is 0. The number of hydrogen-bond donors (Lipinski definition) is 1. The molecule has 1 saturated heterocycles. The van der Waals surface area contributed by atoms with Gasteiger partial charge in [-0.2, -0.15) is 0 Å². The van der Waals surface area contributed by atoms with Crippen molar-refractivity contribution in [3.63, 3.8) is 0 Å². The molecule has 1 aliphatic rings. The number of amides is 1. The van der Waals surface area contributed by atoms with Gasteiger partial charge in [0.05, 0.1) is 6.10 Å². The predicted molar refractivity (Wildman–Crippen MR) is 73.5 cm³/mol. The summed E-state index contributed by atoms with van der Waals surface area (Å²) in [5, 5.41) is 3.29. The van der Waals surface area contributed by atoms with Gasteiger partial charge in [-0.25, -0.2) is 0 Å². The Morgan fingerprint density at radius 3 is 2.44 bits per heavy atom. The number of hydrogen-bond acceptors (Lipinski definition) is 3. The van der Waals surface area contributed by atoms with Crippen LogP contribution in [0.2, 0.25) is 0 Å². The molecular weight excluding hydrogens is 228 g/mol. The van der Waals surface area contributed by atoms with Crippen molar-refractivity contribution in [1.29, 1.82) is 0 Å². The minimum absolute atomic E-state index is 0.0796. The van der Waals surface area contributed by atoms with Gasteiger partial charge in [-0.15, -0.1) is 0 Å². The number of nitrogens with zero attached hydrogens (tertiary/aromatic N) is 1. The fourth-order valence-corrected chi connectivity index (χ4v) is 2.05. The van der Waals surface area contributed by atoms with Crippen molar-refractivity contribution in [2.75, 3.05) is 26.7 Å². The molecule has 0 aromatic heterocycles. The zero-order chi connectivity index (χ0) is 13.8. The van der Waals surface area contributed by atoms with Crippen LogP contribution in [-0.2, 0) is 9.53 Å². The van der Waals surface area contributed by atoms with E-state index in [4.69, 9.17) is 4.74 Å². The van der Waals surface area contributed by atoms with Gasteiger partial charge >= 0.3 is 0 Å². The summed E-state index contributed by atoms with van der Waals surface area (Å²) in [6.45, 7) is 10.7. The summed E-state index contributed by atoms with van der Waals surface area (Å²) in [6, 6.07) is 0.210. The molecule has 1 fully saturated rings. The van der Waals surface area contributed by atoms with E-state index in [1.165, 1.54) is 0 Å². The van der Waals surface area contributed by atoms with Gasteiger partial charge in [-0.1, -0.05) is 20.8 Å². The minimum Gasteiger partial charge on any atom is -0.368 e. The largest absolute Gasteiger partial charge is 0.368 e. The van der Waals surface area contributed by atoms with Crippen LogP contribution in [0.1, 0.15) is 40.5 Å². The first-order valence-electron chi connectivity index (χ1n) is 6.90. The molecule has 1 unspecified atom stereocenters. The fourth-order valence-electron chi connectivity index (χ4n) is 2.05. The van der Waals surface area contributed by atoms with Crippen LogP contribution in [0.4, 0.5) is 0 Å². The third-order valence-electron chi connectivity index (χ3n) is 3.96. The molecule has 1 N–H and O–H groups in total. The molecule has 1 aliphatic heterocycles. The van der Waals surface area contributed by atoms with E-state index in [9.17, 15) is 4.79 Å². The van der Waals surface area contributed by atoms with Crippen LogP contribution < -0.4 is 5.32 Å². The van der Waals surface area contributed by atoms with Crippen molar-refractivity contribution in [3.05, 3.63) is 0 Å². The summed E-state index contributed by atoms with van der Waals surface area (Å²) in [5.74, 6) is 0.0796. The summed E-state index contributed by atoms with van der Waals surface area (Å²) in [7, 11) is 1.87. The Kier molecular flexibility index (Phi) is 5.60. The maximum atomic E-state index is 12.1. The standard InChI is InChI=1S/C14H28N2O2/c1-11(14(2,3)4)16(5)13(17)10-18-12-6-8-15-9-7-12/h11-12,15H,6-10H2,1-5H3. The average molecular weight is 256 g/mol. The quantitative estimate of drug-likeness (QED) is 0.831. The molecule has 0 aromatic carbocycles. The normalized spacial score (nSPS) is 19.6. The van der Waals surface area contributed by atoms with E-state index in [0.717, 1.165) is 25.9 Å². The van der Waals surface area contributed by atoms with E-state index in [-0.39, 0.29) is 30.1 Å². The molecule has 1 heterocycles. The third kappa shape index (κ3) is 4.58. The monoisotopic (exact) mass is 256 g/mol. The lowest BCUT2D eigenvalue weighted by Crippen LogP contribution is -2.45. The fraction of sp³-hybridized carbons (Fsp3) is 0.929. The van der Waals surface area contributed by atoms with Crippen LogP contribution in [0.3, 0.4) is 0 Å². The number of ether oxygens (including phenoxy) is 1. The van der Waals surface area contributed by atoms with E-state index in [0.29, 0.717) is 0 Å².